The van der Waals surface area contributed by atoms with Gasteiger partial charge in [0, 0.05) is 31.0 Å². The molecule has 9 heteroatoms. The monoisotopic (exact) mass is 459 g/mol. The van der Waals surface area contributed by atoms with Crippen molar-refractivity contribution in [3.05, 3.63) is 65.7 Å². The Labute approximate surface area is 187 Å². The quantitative estimate of drug-likeness (QED) is 0.687. The van der Waals surface area contributed by atoms with Gasteiger partial charge in [-0.2, -0.15) is 4.31 Å². The number of hydrogen-bond donors (Lipinski definition) is 0. The predicted molar refractivity (Wildman–Crippen MR) is 122 cm³/mol. The van der Waals surface area contributed by atoms with Crippen LogP contribution >= 0.6 is 11.8 Å². The van der Waals surface area contributed by atoms with Crippen molar-refractivity contribution in [2.75, 3.05) is 38.6 Å². The first-order valence-electron chi connectivity index (χ1n) is 10.2. The van der Waals surface area contributed by atoms with Crippen molar-refractivity contribution in [1.82, 2.24) is 9.21 Å². The summed E-state index contributed by atoms with van der Waals surface area (Å²) in [6.45, 7) is 3.93. The van der Waals surface area contributed by atoms with Gasteiger partial charge in [0.15, 0.2) is 5.17 Å². The summed E-state index contributed by atoms with van der Waals surface area (Å²) in [7, 11) is -3.66. The molecule has 2 aliphatic rings. The van der Waals surface area contributed by atoms with Crippen LogP contribution in [0.15, 0.2) is 64.5 Å². The molecule has 2 saturated heterocycles. The van der Waals surface area contributed by atoms with Crippen LogP contribution in [0.3, 0.4) is 0 Å². The molecule has 2 heterocycles. The lowest BCUT2D eigenvalue weighted by molar-refractivity contribution is 0.0730. The SMILES string of the molecule is CC(N=C1SCCN1C(=O)c1cccc(S(=O)(=O)N2CCOCC2)c1)c1ccccc1. The van der Waals surface area contributed by atoms with Gasteiger partial charge in [0.25, 0.3) is 5.91 Å². The first kappa shape index (κ1) is 22.0. The number of amides is 1. The van der Waals surface area contributed by atoms with Crippen molar-refractivity contribution in [2.24, 2.45) is 4.99 Å². The van der Waals surface area contributed by atoms with E-state index >= 15 is 0 Å². The fraction of sp³-hybridized carbons (Fsp3) is 0.364. The number of carbonyl (C=O) groups is 1. The molecule has 1 atom stereocenters. The van der Waals surface area contributed by atoms with Crippen LogP contribution in [-0.2, 0) is 14.8 Å². The molecule has 1 unspecified atom stereocenters. The zero-order valence-electron chi connectivity index (χ0n) is 17.3. The van der Waals surface area contributed by atoms with E-state index in [2.05, 4.69) is 0 Å². The Bertz CT molecular complexity index is 1070. The summed E-state index contributed by atoms with van der Waals surface area (Å²) in [5.74, 6) is 0.528. The number of nitrogens with zero attached hydrogens (tertiary/aromatic N) is 3. The van der Waals surface area contributed by atoms with Crippen molar-refractivity contribution in [1.29, 1.82) is 0 Å². The maximum Gasteiger partial charge on any atom is 0.259 e. The van der Waals surface area contributed by atoms with Gasteiger partial charge in [0.2, 0.25) is 10.0 Å². The summed E-state index contributed by atoms with van der Waals surface area (Å²) < 4.78 is 32.6. The number of aliphatic imine (C=N–C) groups is 1. The maximum absolute atomic E-state index is 13.2. The van der Waals surface area contributed by atoms with Gasteiger partial charge in [-0.15, -0.1) is 0 Å². The predicted octanol–water partition coefficient (Wildman–Crippen LogP) is 3.01. The number of thioether (sulfide) groups is 1. The fourth-order valence-corrected chi connectivity index (χ4v) is 6.02. The smallest absolute Gasteiger partial charge is 0.259 e. The molecule has 164 valence electrons. The van der Waals surface area contributed by atoms with Gasteiger partial charge in [-0.05, 0) is 30.7 Å². The molecule has 4 rings (SSSR count). The third kappa shape index (κ3) is 4.85. The van der Waals surface area contributed by atoms with E-state index in [1.165, 1.54) is 16.4 Å². The molecule has 2 fully saturated rings. The van der Waals surface area contributed by atoms with E-state index in [9.17, 15) is 13.2 Å². The average Bonchev–Trinajstić information content (AvgIpc) is 3.28. The van der Waals surface area contributed by atoms with Gasteiger partial charge in [-0.1, -0.05) is 48.2 Å². The number of rotatable bonds is 5. The zero-order valence-corrected chi connectivity index (χ0v) is 18.9. The van der Waals surface area contributed by atoms with E-state index in [1.807, 2.05) is 37.3 Å². The second kappa shape index (κ2) is 9.52. The molecule has 0 aromatic heterocycles. The van der Waals surface area contributed by atoms with Crippen molar-refractivity contribution >= 4 is 32.9 Å². The molecule has 1 amide bonds. The average molecular weight is 460 g/mol. The molecular formula is C22H25N3O4S2. The van der Waals surface area contributed by atoms with Crippen LogP contribution in [0.5, 0.6) is 0 Å². The van der Waals surface area contributed by atoms with E-state index in [4.69, 9.17) is 9.73 Å². The number of sulfonamides is 1. The highest BCUT2D eigenvalue weighted by atomic mass is 32.2. The van der Waals surface area contributed by atoms with Crippen LogP contribution in [0.25, 0.3) is 0 Å². The zero-order chi connectivity index (χ0) is 21.8. The first-order valence-corrected chi connectivity index (χ1v) is 12.6. The van der Waals surface area contributed by atoms with Crippen LogP contribution in [0.2, 0.25) is 0 Å². The molecule has 0 bridgehead atoms. The molecule has 2 aromatic rings. The lowest BCUT2D eigenvalue weighted by Gasteiger charge is -2.26. The van der Waals surface area contributed by atoms with E-state index in [1.54, 1.807) is 28.8 Å². The standard InChI is InChI=1S/C22H25N3O4S2/c1-17(18-6-3-2-4-7-18)23-22-25(12-15-30-22)21(26)19-8-5-9-20(16-19)31(27,28)24-10-13-29-14-11-24/h2-9,16-17H,10-15H2,1H3. The molecule has 7 nitrogen and oxygen atoms in total. The topological polar surface area (TPSA) is 79.3 Å². The third-order valence-corrected chi connectivity index (χ3v) is 8.16. The molecular weight excluding hydrogens is 434 g/mol. The highest BCUT2D eigenvalue weighted by Crippen LogP contribution is 2.26. The Kier molecular flexibility index (Phi) is 6.76. The number of carbonyl (C=O) groups excluding carboxylic acids is 1. The van der Waals surface area contributed by atoms with Crippen LogP contribution in [0.4, 0.5) is 0 Å². The molecule has 0 spiro atoms. The fourth-order valence-electron chi connectivity index (χ4n) is 3.55. The van der Waals surface area contributed by atoms with Gasteiger partial charge >= 0.3 is 0 Å². The van der Waals surface area contributed by atoms with Crippen molar-refractivity contribution in [3.63, 3.8) is 0 Å². The van der Waals surface area contributed by atoms with Gasteiger partial charge in [0.05, 0.1) is 24.2 Å². The minimum absolute atomic E-state index is 0.0786. The van der Waals surface area contributed by atoms with Gasteiger partial charge in [-0.25, -0.2) is 8.42 Å². The lowest BCUT2D eigenvalue weighted by atomic mass is 10.1. The normalized spacial score (nSPS) is 20.2. The molecule has 0 saturated carbocycles. The number of ether oxygens (including phenoxy) is 1. The van der Waals surface area contributed by atoms with Crippen LogP contribution in [-0.4, -0.2) is 67.3 Å². The van der Waals surface area contributed by atoms with E-state index in [0.717, 1.165) is 11.3 Å². The Balaban J connectivity index is 1.56. The summed E-state index contributed by atoms with van der Waals surface area (Å²) >= 11 is 1.54. The van der Waals surface area contributed by atoms with E-state index in [-0.39, 0.29) is 16.8 Å². The van der Waals surface area contributed by atoms with Crippen molar-refractivity contribution in [3.8, 4) is 0 Å². The van der Waals surface area contributed by atoms with Crippen LogP contribution in [0.1, 0.15) is 28.9 Å². The highest BCUT2D eigenvalue weighted by Gasteiger charge is 2.30. The number of morpholine rings is 1. The van der Waals surface area contributed by atoms with E-state index < -0.39 is 10.0 Å². The number of amidine groups is 1. The van der Waals surface area contributed by atoms with Crippen LogP contribution in [0, 0.1) is 0 Å². The Morgan fingerprint density at radius 1 is 1.06 bits per heavy atom. The van der Waals surface area contributed by atoms with Gasteiger partial charge in [-0.3, -0.25) is 14.7 Å². The molecule has 31 heavy (non-hydrogen) atoms. The Morgan fingerprint density at radius 2 is 1.81 bits per heavy atom. The molecule has 2 aliphatic heterocycles. The molecule has 2 aromatic carbocycles. The summed E-state index contributed by atoms with van der Waals surface area (Å²) in [6, 6.07) is 16.1. The summed E-state index contributed by atoms with van der Waals surface area (Å²) in [6.07, 6.45) is 0. The van der Waals surface area contributed by atoms with Gasteiger partial charge < -0.3 is 4.74 Å². The largest absolute Gasteiger partial charge is 0.379 e. The second-order valence-corrected chi connectivity index (χ2v) is 10.3. The number of benzene rings is 2. The summed E-state index contributed by atoms with van der Waals surface area (Å²) in [5, 5.41) is 0.669. The van der Waals surface area contributed by atoms with Crippen molar-refractivity contribution < 1.29 is 17.9 Å². The van der Waals surface area contributed by atoms with Crippen LogP contribution < -0.4 is 0 Å². The number of hydrogen-bond acceptors (Lipinski definition) is 6. The molecule has 0 N–H and O–H groups in total. The van der Waals surface area contributed by atoms with Gasteiger partial charge in [0.1, 0.15) is 0 Å². The minimum Gasteiger partial charge on any atom is -0.379 e. The summed E-state index contributed by atoms with van der Waals surface area (Å²) in [4.78, 5) is 19.8. The second-order valence-electron chi connectivity index (χ2n) is 7.35. The first-order chi connectivity index (χ1) is 15.0. The molecule has 0 radical (unpaired) electrons. The summed E-state index contributed by atoms with van der Waals surface area (Å²) in [5.41, 5.74) is 1.42. The van der Waals surface area contributed by atoms with E-state index in [0.29, 0.717) is 43.6 Å². The minimum atomic E-state index is -3.66. The van der Waals surface area contributed by atoms with Crippen molar-refractivity contribution in [2.45, 2.75) is 17.9 Å². The maximum atomic E-state index is 13.2. The third-order valence-electron chi connectivity index (χ3n) is 5.30. The Morgan fingerprint density at radius 3 is 2.55 bits per heavy atom. The Hall–Kier alpha value is -2.20. The lowest BCUT2D eigenvalue weighted by Crippen LogP contribution is -2.40. The molecule has 0 aliphatic carbocycles. The highest BCUT2D eigenvalue weighted by molar-refractivity contribution is 8.14.